The van der Waals surface area contributed by atoms with Gasteiger partial charge >= 0.3 is 0 Å². The molecule has 1 aromatic carbocycles. The predicted molar refractivity (Wildman–Crippen MR) is 111 cm³/mol. The summed E-state index contributed by atoms with van der Waals surface area (Å²) in [5.74, 6) is 0.496. The van der Waals surface area contributed by atoms with E-state index in [1.54, 1.807) is 24.9 Å². The minimum atomic E-state index is -1.14. The van der Waals surface area contributed by atoms with Gasteiger partial charge in [0.2, 0.25) is 11.8 Å². The molecule has 0 bridgehead atoms. The number of carbonyl (C=O) groups is 2. The maximum absolute atomic E-state index is 13.1. The Morgan fingerprint density at radius 2 is 1.75 bits per heavy atom. The number of amides is 2. The number of hydrogen-bond donors (Lipinski definition) is 1. The van der Waals surface area contributed by atoms with Gasteiger partial charge in [0.25, 0.3) is 0 Å². The normalized spacial score (nSPS) is 14.7. The third-order valence-electron chi connectivity index (χ3n) is 5.28. The zero-order valence-electron chi connectivity index (χ0n) is 17.0. The topological polar surface area (TPSA) is 65.5 Å². The number of piperazine rings is 1. The number of aromatic nitrogens is 1. The van der Waals surface area contributed by atoms with Crippen molar-refractivity contribution in [3.05, 3.63) is 53.7 Å². The van der Waals surface area contributed by atoms with Crippen LogP contribution in [0, 0.1) is 19.3 Å². The molecule has 2 heterocycles. The van der Waals surface area contributed by atoms with E-state index in [0.717, 1.165) is 22.6 Å². The molecule has 2 aromatic rings. The van der Waals surface area contributed by atoms with Crippen molar-refractivity contribution in [2.75, 3.05) is 36.4 Å². The third kappa shape index (κ3) is 4.16. The van der Waals surface area contributed by atoms with Crippen molar-refractivity contribution in [1.82, 2.24) is 9.88 Å². The first-order valence-electron chi connectivity index (χ1n) is 9.63. The van der Waals surface area contributed by atoms with E-state index >= 15 is 0 Å². The van der Waals surface area contributed by atoms with Crippen LogP contribution in [0.1, 0.15) is 25.0 Å². The fourth-order valence-corrected chi connectivity index (χ4v) is 3.32. The molecule has 1 aromatic heterocycles. The SMILES string of the molecule is Cc1ccc(C)c(NC(=O)C(C)(C)C(=O)N2CCN(c3ccccn3)CC2)c1. The van der Waals surface area contributed by atoms with E-state index in [1.165, 1.54) is 0 Å². The Bertz CT molecular complexity index is 856. The Balaban J connectivity index is 1.64. The highest BCUT2D eigenvalue weighted by Gasteiger charge is 2.40. The van der Waals surface area contributed by atoms with Gasteiger partial charge in [0.05, 0.1) is 0 Å². The second-order valence-electron chi connectivity index (χ2n) is 7.86. The molecular formula is C22H28N4O2. The van der Waals surface area contributed by atoms with E-state index in [2.05, 4.69) is 15.2 Å². The van der Waals surface area contributed by atoms with Crippen molar-refractivity contribution in [2.45, 2.75) is 27.7 Å². The van der Waals surface area contributed by atoms with Crippen LogP contribution >= 0.6 is 0 Å². The van der Waals surface area contributed by atoms with Crippen LogP contribution in [0.25, 0.3) is 0 Å². The molecule has 1 N–H and O–H groups in total. The van der Waals surface area contributed by atoms with E-state index in [0.29, 0.717) is 26.2 Å². The summed E-state index contributed by atoms with van der Waals surface area (Å²) in [6, 6.07) is 11.7. The van der Waals surface area contributed by atoms with Gasteiger partial charge in [-0.05, 0) is 57.0 Å². The fourth-order valence-electron chi connectivity index (χ4n) is 3.32. The first-order chi connectivity index (χ1) is 13.3. The Hall–Kier alpha value is -2.89. The van der Waals surface area contributed by atoms with Crippen molar-refractivity contribution in [3.8, 4) is 0 Å². The summed E-state index contributed by atoms with van der Waals surface area (Å²) in [4.78, 5) is 34.3. The Kier molecular flexibility index (Phi) is 5.68. The quantitative estimate of drug-likeness (QED) is 0.828. The molecule has 1 saturated heterocycles. The van der Waals surface area contributed by atoms with E-state index in [4.69, 9.17) is 0 Å². The van der Waals surface area contributed by atoms with E-state index < -0.39 is 5.41 Å². The van der Waals surface area contributed by atoms with Crippen molar-refractivity contribution in [1.29, 1.82) is 0 Å². The van der Waals surface area contributed by atoms with Gasteiger partial charge < -0.3 is 15.1 Å². The van der Waals surface area contributed by atoms with Crippen LogP contribution in [-0.4, -0.2) is 47.9 Å². The van der Waals surface area contributed by atoms with Crippen LogP contribution in [0.15, 0.2) is 42.6 Å². The lowest BCUT2D eigenvalue weighted by Gasteiger charge is -2.38. The average Bonchev–Trinajstić information content (AvgIpc) is 2.71. The number of carbonyl (C=O) groups excluding carboxylic acids is 2. The Morgan fingerprint density at radius 3 is 2.39 bits per heavy atom. The standard InChI is InChI=1S/C22H28N4O2/c1-16-8-9-17(2)18(15-16)24-20(27)22(3,4)21(28)26-13-11-25(12-14-26)19-7-5-6-10-23-19/h5-10,15H,11-14H2,1-4H3,(H,24,27). The van der Waals surface area contributed by atoms with Gasteiger partial charge in [-0.25, -0.2) is 4.98 Å². The molecule has 148 valence electrons. The highest BCUT2D eigenvalue weighted by Crippen LogP contribution is 2.25. The zero-order chi connectivity index (χ0) is 20.3. The molecular weight excluding hydrogens is 352 g/mol. The molecule has 0 unspecified atom stereocenters. The van der Waals surface area contributed by atoms with Crippen LogP contribution in [0.2, 0.25) is 0 Å². The predicted octanol–water partition coefficient (Wildman–Crippen LogP) is 3.01. The number of nitrogens with one attached hydrogen (secondary N) is 1. The number of hydrogen-bond acceptors (Lipinski definition) is 4. The van der Waals surface area contributed by atoms with Crippen LogP contribution in [0.5, 0.6) is 0 Å². The van der Waals surface area contributed by atoms with Gasteiger partial charge in [-0.3, -0.25) is 9.59 Å². The third-order valence-corrected chi connectivity index (χ3v) is 5.28. The first kappa shape index (κ1) is 19.9. The molecule has 0 saturated carbocycles. The molecule has 3 rings (SSSR count). The minimum Gasteiger partial charge on any atom is -0.353 e. The van der Waals surface area contributed by atoms with Crippen molar-refractivity contribution < 1.29 is 9.59 Å². The number of aryl methyl sites for hydroxylation is 2. The molecule has 1 fully saturated rings. The van der Waals surface area contributed by atoms with E-state index in [9.17, 15) is 9.59 Å². The highest BCUT2D eigenvalue weighted by molar-refractivity contribution is 6.10. The van der Waals surface area contributed by atoms with Crippen molar-refractivity contribution in [3.63, 3.8) is 0 Å². The zero-order valence-corrected chi connectivity index (χ0v) is 17.0. The summed E-state index contributed by atoms with van der Waals surface area (Å²) in [6.07, 6.45) is 1.77. The maximum atomic E-state index is 13.1. The molecule has 2 amide bonds. The molecule has 6 nitrogen and oxygen atoms in total. The molecule has 0 spiro atoms. The number of pyridine rings is 1. The van der Waals surface area contributed by atoms with Gasteiger partial charge in [0, 0.05) is 38.1 Å². The molecule has 1 aliphatic rings. The Labute approximate surface area is 166 Å². The number of benzene rings is 1. The van der Waals surface area contributed by atoms with Crippen LogP contribution in [-0.2, 0) is 9.59 Å². The summed E-state index contributed by atoms with van der Waals surface area (Å²) in [5, 5.41) is 2.94. The summed E-state index contributed by atoms with van der Waals surface area (Å²) in [6.45, 7) is 9.88. The van der Waals surface area contributed by atoms with Gasteiger partial charge in [0.1, 0.15) is 11.2 Å². The summed E-state index contributed by atoms with van der Waals surface area (Å²) < 4.78 is 0. The van der Waals surface area contributed by atoms with Gasteiger partial charge in [-0.2, -0.15) is 0 Å². The lowest BCUT2D eigenvalue weighted by molar-refractivity contribution is -0.146. The minimum absolute atomic E-state index is 0.143. The maximum Gasteiger partial charge on any atom is 0.239 e. The monoisotopic (exact) mass is 380 g/mol. The Morgan fingerprint density at radius 1 is 1.04 bits per heavy atom. The number of anilines is 2. The number of rotatable bonds is 4. The average molecular weight is 380 g/mol. The fraction of sp³-hybridized carbons (Fsp3) is 0.409. The second-order valence-corrected chi connectivity index (χ2v) is 7.86. The summed E-state index contributed by atoms with van der Waals surface area (Å²) >= 11 is 0. The largest absolute Gasteiger partial charge is 0.353 e. The van der Waals surface area contributed by atoms with Crippen molar-refractivity contribution >= 4 is 23.3 Å². The van der Waals surface area contributed by atoms with E-state index in [-0.39, 0.29) is 11.8 Å². The van der Waals surface area contributed by atoms with E-state index in [1.807, 2.05) is 50.2 Å². The summed E-state index contributed by atoms with van der Waals surface area (Å²) in [7, 11) is 0. The molecule has 6 heteroatoms. The molecule has 0 atom stereocenters. The van der Waals surface area contributed by atoms with Gasteiger partial charge in [-0.15, -0.1) is 0 Å². The second kappa shape index (κ2) is 8.00. The van der Waals surface area contributed by atoms with Crippen LogP contribution in [0.4, 0.5) is 11.5 Å². The first-order valence-corrected chi connectivity index (χ1v) is 9.63. The molecule has 1 aliphatic heterocycles. The highest BCUT2D eigenvalue weighted by atomic mass is 16.2. The van der Waals surface area contributed by atoms with Crippen molar-refractivity contribution in [2.24, 2.45) is 5.41 Å². The molecule has 0 radical (unpaired) electrons. The van der Waals surface area contributed by atoms with Crippen LogP contribution < -0.4 is 10.2 Å². The molecule has 0 aliphatic carbocycles. The lowest BCUT2D eigenvalue weighted by Crippen LogP contribution is -2.54. The van der Waals surface area contributed by atoms with Gasteiger partial charge in [-0.1, -0.05) is 18.2 Å². The molecule has 28 heavy (non-hydrogen) atoms. The lowest BCUT2D eigenvalue weighted by atomic mass is 9.89. The number of nitrogens with zero attached hydrogens (tertiary/aromatic N) is 3. The summed E-state index contributed by atoms with van der Waals surface area (Å²) in [5.41, 5.74) is 1.66. The van der Waals surface area contributed by atoms with Gasteiger partial charge in [0.15, 0.2) is 0 Å². The van der Waals surface area contributed by atoms with Crippen LogP contribution in [0.3, 0.4) is 0 Å². The smallest absolute Gasteiger partial charge is 0.239 e.